The minimum atomic E-state index is -0.102. The van der Waals surface area contributed by atoms with Gasteiger partial charge in [-0.3, -0.25) is 4.79 Å². The van der Waals surface area contributed by atoms with Gasteiger partial charge in [-0.05, 0) is 36.3 Å². The Bertz CT molecular complexity index is 798. The normalized spacial score (nSPS) is 12.5. The van der Waals surface area contributed by atoms with Gasteiger partial charge in [-0.25, -0.2) is 0 Å². The summed E-state index contributed by atoms with van der Waals surface area (Å²) in [5.74, 6) is 2.09. The summed E-state index contributed by atoms with van der Waals surface area (Å²) in [4.78, 5) is 12.3. The Balaban J connectivity index is 1.58. The molecule has 2 aromatic rings. The predicted octanol–water partition coefficient (Wildman–Crippen LogP) is 2.84. The van der Waals surface area contributed by atoms with Crippen LogP contribution in [0.4, 0.5) is 0 Å². The Labute approximate surface area is 147 Å². The van der Waals surface area contributed by atoms with Crippen molar-refractivity contribution in [3.8, 4) is 17.2 Å². The van der Waals surface area contributed by atoms with Gasteiger partial charge in [-0.2, -0.15) is 0 Å². The molecule has 0 unspecified atom stereocenters. The highest BCUT2D eigenvalue weighted by Gasteiger charge is 2.16. The number of nitrogens with one attached hydrogen (secondary N) is 1. The lowest BCUT2D eigenvalue weighted by molar-refractivity contribution is -0.117. The van der Waals surface area contributed by atoms with E-state index in [1.165, 1.54) is 0 Å². The van der Waals surface area contributed by atoms with E-state index in [2.05, 4.69) is 5.32 Å². The van der Waals surface area contributed by atoms with Gasteiger partial charge in [0.05, 0.1) is 19.8 Å². The van der Waals surface area contributed by atoms with Crippen LogP contribution in [0.3, 0.4) is 0 Å². The van der Waals surface area contributed by atoms with Gasteiger partial charge >= 0.3 is 0 Å². The maximum Gasteiger partial charge on any atom is 0.250 e. The molecule has 1 amide bonds. The SMILES string of the molecule is COc1ccc(CCNC(=O)C2=Cc3ccccc3OC2)cc1OC. The number of carbonyl (C=O) groups excluding carboxylic acids is 1. The number of fused-ring (bicyclic) bond motifs is 1. The van der Waals surface area contributed by atoms with E-state index >= 15 is 0 Å². The lowest BCUT2D eigenvalue weighted by Gasteiger charge is -2.17. The van der Waals surface area contributed by atoms with Crippen molar-refractivity contribution in [1.82, 2.24) is 5.32 Å². The van der Waals surface area contributed by atoms with Crippen LogP contribution in [0.25, 0.3) is 6.08 Å². The third-order valence-corrected chi connectivity index (χ3v) is 4.07. The number of hydrogen-bond acceptors (Lipinski definition) is 4. The summed E-state index contributed by atoms with van der Waals surface area (Å²) in [6.45, 7) is 0.826. The maximum absolute atomic E-state index is 12.3. The van der Waals surface area contributed by atoms with Crippen molar-refractivity contribution in [2.24, 2.45) is 0 Å². The van der Waals surface area contributed by atoms with Crippen LogP contribution in [0.15, 0.2) is 48.0 Å². The van der Waals surface area contributed by atoms with E-state index < -0.39 is 0 Å². The van der Waals surface area contributed by atoms with Gasteiger partial charge in [0.2, 0.25) is 0 Å². The largest absolute Gasteiger partial charge is 0.493 e. The van der Waals surface area contributed by atoms with Crippen molar-refractivity contribution in [1.29, 1.82) is 0 Å². The second-order valence-electron chi connectivity index (χ2n) is 5.69. The summed E-state index contributed by atoms with van der Waals surface area (Å²) in [6.07, 6.45) is 2.58. The molecule has 25 heavy (non-hydrogen) atoms. The molecule has 0 atom stereocenters. The van der Waals surface area contributed by atoms with E-state index in [4.69, 9.17) is 14.2 Å². The predicted molar refractivity (Wildman–Crippen MR) is 96.2 cm³/mol. The number of rotatable bonds is 6. The number of para-hydroxylation sites is 1. The molecule has 0 fully saturated rings. The molecule has 0 aliphatic carbocycles. The van der Waals surface area contributed by atoms with E-state index in [0.717, 1.165) is 16.9 Å². The lowest BCUT2D eigenvalue weighted by atomic mass is 10.1. The molecule has 1 heterocycles. The second-order valence-corrected chi connectivity index (χ2v) is 5.69. The summed E-state index contributed by atoms with van der Waals surface area (Å²) in [6, 6.07) is 13.4. The van der Waals surface area contributed by atoms with Gasteiger partial charge < -0.3 is 19.5 Å². The van der Waals surface area contributed by atoms with Crippen molar-refractivity contribution in [2.45, 2.75) is 6.42 Å². The molecule has 0 saturated heterocycles. The molecule has 130 valence electrons. The van der Waals surface area contributed by atoms with Gasteiger partial charge in [0.25, 0.3) is 5.91 Å². The van der Waals surface area contributed by atoms with Crippen LogP contribution in [-0.4, -0.2) is 33.3 Å². The molecule has 0 saturated carbocycles. The summed E-state index contributed by atoms with van der Waals surface area (Å²) < 4.78 is 16.1. The fourth-order valence-electron chi connectivity index (χ4n) is 2.72. The quantitative estimate of drug-likeness (QED) is 0.879. The Hall–Kier alpha value is -2.95. The van der Waals surface area contributed by atoms with E-state index in [1.54, 1.807) is 14.2 Å². The third-order valence-electron chi connectivity index (χ3n) is 4.07. The Morgan fingerprint density at radius 3 is 2.72 bits per heavy atom. The number of carbonyl (C=O) groups is 1. The van der Waals surface area contributed by atoms with Gasteiger partial charge in [0.1, 0.15) is 12.4 Å². The molecule has 5 nitrogen and oxygen atoms in total. The zero-order chi connectivity index (χ0) is 17.6. The first-order chi connectivity index (χ1) is 12.2. The van der Waals surface area contributed by atoms with E-state index in [1.807, 2.05) is 48.5 Å². The van der Waals surface area contributed by atoms with E-state index in [9.17, 15) is 4.79 Å². The van der Waals surface area contributed by atoms with Crippen LogP contribution in [0.1, 0.15) is 11.1 Å². The number of ether oxygens (including phenoxy) is 3. The second kappa shape index (κ2) is 7.75. The van der Waals surface area contributed by atoms with Crippen molar-refractivity contribution in [3.05, 3.63) is 59.2 Å². The average Bonchev–Trinajstić information content (AvgIpc) is 2.67. The number of benzene rings is 2. The first kappa shape index (κ1) is 16.9. The molecule has 0 spiro atoms. The fraction of sp³-hybridized carbons (Fsp3) is 0.250. The highest BCUT2D eigenvalue weighted by molar-refractivity contribution is 5.99. The molecule has 1 aliphatic heterocycles. The standard InChI is InChI=1S/C20H21NO4/c1-23-18-8-7-14(11-19(18)24-2)9-10-21-20(22)16-12-15-5-3-4-6-17(15)25-13-16/h3-8,11-12H,9-10,13H2,1-2H3,(H,21,22). The van der Waals surface area contributed by atoms with Crippen molar-refractivity contribution < 1.29 is 19.0 Å². The first-order valence-electron chi connectivity index (χ1n) is 8.13. The molecule has 3 rings (SSSR count). The zero-order valence-corrected chi connectivity index (χ0v) is 14.4. The molecule has 1 aliphatic rings. The summed E-state index contributed by atoms with van der Waals surface area (Å²) in [5, 5.41) is 2.94. The van der Waals surface area contributed by atoms with Crippen LogP contribution in [0, 0.1) is 0 Å². The van der Waals surface area contributed by atoms with Gasteiger partial charge in [0, 0.05) is 12.1 Å². The summed E-state index contributed by atoms with van der Waals surface area (Å²) in [7, 11) is 3.21. The van der Waals surface area contributed by atoms with Crippen LogP contribution in [0.5, 0.6) is 17.2 Å². The monoisotopic (exact) mass is 339 g/mol. The van der Waals surface area contributed by atoms with E-state index in [0.29, 0.717) is 36.6 Å². The molecule has 5 heteroatoms. The molecule has 0 radical (unpaired) electrons. The van der Waals surface area contributed by atoms with Gasteiger partial charge in [-0.1, -0.05) is 24.3 Å². The average molecular weight is 339 g/mol. The highest BCUT2D eigenvalue weighted by Crippen LogP contribution is 2.28. The smallest absolute Gasteiger partial charge is 0.250 e. The number of amides is 1. The molecular weight excluding hydrogens is 318 g/mol. The molecule has 0 bridgehead atoms. The Morgan fingerprint density at radius 1 is 1.12 bits per heavy atom. The number of methoxy groups -OCH3 is 2. The Kier molecular flexibility index (Phi) is 5.23. The van der Waals surface area contributed by atoms with Gasteiger partial charge in [0.15, 0.2) is 11.5 Å². The topological polar surface area (TPSA) is 56.8 Å². The van der Waals surface area contributed by atoms with E-state index in [-0.39, 0.29) is 5.91 Å². The molecule has 1 N–H and O–H groups in total. The van der Waals surface area contributed by atoms with Crippen molar-refractivity contribution in [2.75, 3.05) is 27.4 Å². The first-order valence-corrected chi connectivity index (χ1v) is 8.13. The molecular formula is C20H21NO4. The molecule has 2 aromatic carbocycles. The summed E-state index contributed by atoms with van der Waals surface area (Å²) in [5.41, 5.74) is 2.63. The van der Waals surface area contributed by atoms with Crippen LogP contribution < -0.4 is 19.5 Å². The molecule has 0 aromatic heterocycles. The minimum absolute atomic E-state index is 0.102. The fourth-order valence-corrected chi connectivity index (χ4v) is 2.72. The third kappa shape index (κ3) is 3.94. The zero-order valence-electron chi connectivity index (χ0n) is 14.4. The minimum Gasteiger partial charge on any atom is -0.493 e. The summed E-state index contributed by atoms with van der Waals surface area (Å²) >= 11 is 0. The van der Waals surface area contributed by atoms with Gasteiger partial charge in [-0.15, -0.1) is 0 Å². The maximum atomic E-state index is 12.3. The van der Waals surface area contributed by atoms with Crippen LogP contribution in [0.2, 0.25) is 0 Å². The van der Waals surface area contributed by atoms with Crippen molar-refractivity contribution in [3.63, 3.8) is 0 Å². The van der Waals surface area contributed by atoms with Crippen LogP contribution in [-0.2, 0) is 11.2 Å². The number of hydrogen-bond donors (Lipinski definition) is 1. The Morgan fingerprint density at radius 2 is 1.92 bits per heavy atom. The highest BCUT2D eigenvalue weighted by atomic mass is 16.5. The lowest BCUT2D eigenvalue weighted by Crippen LogP contribution is -2.30. The van der Waals surface area contributed by atoms with Crippen molar-refractivity contribution >= 4 is 12.0 Å². The van der Waals surface area contributed by atoms with Crippen LogP contribution >= 0.6 is 0 Å².